The van der Waals surface area contributed by atoms with Gasteiger partial charge in [-0.1, -0.05) is 23.7 Å². The summed E-state index contributed by atoms with van der Waals surface area (Å²) in [5.41, 5.74) is 6.47. The Labute approximate surface area is 72.2 Å². The number of hydrogen-bond acceptors (Lipinski definition) is 1. The van der Waals surface area contributed by atoms with E-state index in [0.29, 0.717) is 6.54 Å². The van der Waals surface area contributed by atoms with E-state index in [1.807, 2.05) is 24.3 Å². The third kappa shape index (κ3) is 3.67. The molecule has 0 spiro atoms. The van der Waals surface area contributed by atoms with Gasteiger partial charge in [0.05, 0.1) is 0 Å². The van der Waals surface area contributed by atoms with E-state index in [1.165, 1.54) is 0 Å². The molecule has 0 radical (unpaired) electrons. The van der Waals surface area contributed by atoms with E-state index in [1.54, 1.807) is 0 Å². The van der Waals surface area contributed by atoms with Gasteiger partial charge in [0, 0.05) is 11.6 Å². The fourth-order valence-electron chi connectivity index (χ4n) is 0.620. The standard InChI is InChI=1S/C7H8ClN.C2H2/c8-7-3-1-6(5-9)2-4-7;1-2/h1-4H,5,9H2;1-2H. The van der Waals surface area contributed by atoms with Crippen molar-refractivity contribution in [2.75, 3.05) is 0 Å². The van der Waals surface area contributed by atoms with Crippen LogP contribution in [0.3, 0.4) is 0 Å². The summed E-state index contributed by atoms with van der Waals surface area (Å²) < 4.78 is 0. The minimum absolute atomic E-state index is 0.581. The molecule has 2 heteroatoms. The van der Waals surface area contributed by atoms with E-state index in [0.717, 1.165) is 10.6 Å². The van der Waals surface area contributed by atoms with Crippen LogP contribution in [0.15, 0.2) is 24.3 Å². The van der Waals surface area contributed by atoms with Crippen molar-refractivity contribution >= 4 is 11.6 Å². The molecule has 0 aliphatic rings. The molecular formula is C9H10ClN. The van der Waals surface area contributed by atoms with Gasteiger partial charge in [0.15, 0.2) is 0 Å². The topological polar surface area (TPSA) is 26.0 Å². The van der Waals surface area contributed by atoms with Crippen LogP contribution < -0.4 is 5.73 Å². The van der Waals surface area contributed by atoms with E-state index >= 15 is 0 Å². The van der Waals surface area contributed by atoms with Crippen LogP contribution >= 0.6 is 11.6 Å². The van der Waals surface area contributed by atoms with Crippen LogP contribution in [0.4, 0.5) is 0 Å². The molecule has 0 amide bonds. The second kappa shape index (κ2) is 5.79. The summed E-state index contributed by atoms with van der Waals surface area (Å²) in [6, 6.07) is 7.51. The molecular weight excluding hydrogens is 158 g/mol. The Morgan fingerprint density at radius 1 is 1.18 bits per heavy atom. The van der Waals surface area contributed by atoms with Gasteiger partial charge in [0.25, 0.3) is 0 Å². The number of hydrogen-bond donors (Lipinski definition) is 1. The monoisotopic (exact) mass is 167 g/mol. The first-order valence-electron chi connectivity index (χ1n) is 3.11. The summed E-state index contributed by atoms with van der Waals surface area (Å²) in [6.07, 6.45) is 8.00. The molecule has 0 saturated heterocycles. The first-order valence-corrected chi connectivity index (χ1v) is 3.48. The predicted molar refractivity (Wildman–Crippen MR) is 49.2 cm³/mol. The molecule has 0 saturated carbocycles. The van der Waals surface area contributed by atoms with Crippen molar-refractivity contribution in [2.45, 2.75) is 6.54 Å². The summed E-state index contributed by atoms with van der Waals surface area (Å²) >= 11 is 5.63. The number of halogens is 1. The van der Waals surface area contributed by atoms with E-state index in [-0.39, 0.29) is 0 Å². The highest BCUT2D eigenvalue weighted by Gasteiger charge is 1.86. The average Bonchev–Trinajstić information content (AvgIpc) is 2.10. The molecule has 0 bridgehead atoms. The van der Waals surface area contributed by atoms with Gasteiger partial charge < -0.3 is 5.73 Å². The highest BCUT2D eigenvalue weighted by Crippen LogP contribution is 2.08. The zero-order valence-corrected chi connectivity index (χ0v) is 6.88. The summed E-state index contributed by atoms with van der Waals surface area (Å²) in [5.74, 6) is 0. The minimum Gasteiger partial charge on any atom is -0.326 e. The Morgan fingerprint density at radius 3 is 2.00 bits per heavy atom. The molecule has 1 aromatic rings. The van der Waals surface area contributed by atoms with Crippen LogP contribution in [0.1, 0.15) is 5.56 Å². The summed E-state index contributed by atoms with van der Waals surface area (Å²) in [6.45, 7) is 0.581. The van der Waals surface area contributed by atoms with Crippen molar-refractivity contribution in [1.82, 2.24) is 0 Å². The quantitative estimate of drug-likeness (QED) is 0.637. The first-order chi connectivity index (χ1) is 5.33. The van der Waals surface area contributed by atoms with Gasteiger partial charge in [-0.3, -0.25) is 0 Å². The van der Waals surface area contributed by atoms with Gasteiger partial charge >= 0.3 is 0 Å². The largest absolute Gasteiger partial charge is 0.326 e. The second-order valence-corrected chi connectivity index (χ2v) is 2.27. The van der Waals surface area contributed by atoms with Gasteiger partial charge in [0.1, 0.15) is 0 Å². The summed E-state index contributed by atoms with van der Waals surface area (Å²) in [4.78, 5) is 0. The Bertz CT molecular complexity index is 213. The molecule has 1 rings (SSSR count). The first kappa shape index (κ1) is 10.0. The SMILES string of the molecule is C#C.NCc1ccc(Cl)cc1. The van der Waals surface area contributed by atoms with Crippen molar-refractivity contribution in [3.8, 4) is 12.8 Å². The Morgan fingerprint density at radius 2 is 1.64 bits per heavy atom. The predicted octanol–water partition coefficient (Wildman–Crippen LogP) is 2.05. The van der Waals surface area contributed by atoms with Crippen molar-refractivity contribution in [3.63, 3.8) is 0 Å². The molecule has 58 valence electrons. The van der Waals surface area contributed by atoms with Crippen LogP contribution in [-0.2, 0) is 6.54 Å². The smallest absolute Gasteiger partial charge is 0.0406 e. The normalized spacial score (nSPS) is 8.00. The summed E-state index contributed by atoms with van der Waals surface area (Å²) in [5, 5.41) is 0.757. The zero-order chi connectivity index (χ0) is 8.69. The van der Waals surface area contributed by atoms with Crippen molar-refractivity contribution in [1.29, 1.82) is 0 Å². The molecule has 2 N–H and O–H groups in total. The fraction of sp³-hybridized carbons (Fsp3) is 0.111. The Balaban J connectivity index is 0.000000461. The van der Waals surface area contributed by atoms with Crippen LogP contribution in [0.5, 0.6) is 0 Å². The van der Waals surface area contributed by atoms with Crippen LogP contribution in [-0.4, -0.2) is 0 Å². The van der Waals surface area contributed by atoms with E-state index < -0.39 is 0 Å². The molecule has 1 aromatic carbocycles. The molecule has 0 aliphatic heterocycles. The Kier molecular flexibility index (Phi) is 5.28. The Hall–Kier alpha value is -0.970. The van der Waals surface area contributed by atoms with Gasteiger partial charge in [-0.25, -0.2) is 0 Å². The maximum absolute atomic E-state index is 5.63. The van der Waals surface area contributed by atoms with Gasteiger partial charge in [0.2, 0.25) is 0 Å². The van der Waals surface area contributed by atoms with Crippen LogP contribution in [0.25, 0.3) is 0 Å². The van der Waals surface area contributed by atoms with Crippen LogP contribution in [0, 0.1) is 12.8 Å². The van der Waals surface area contributed by atoms with Crippen LogP contribution in [0.2, 0.25) is 5.02 Å². The molecule has 0 atom stereocenters. The third-order valence-electron chi connectivity index (χ3n) is 1.15. The molecule has 0 heterocycles. The number of benzene rings is 1. The third-order valence-corrected chi connectivity index (χ3v) is 1.40. The molecule has 0 fully saturated rings. The second-order valence-electron chi connectivity index (χ2n) is 1.83. The number of rotatable bonds is 1. The lowest BCUT2D eigenvalue weighted by molar-refractivity contribution is 1.07. The number of nitrogens with two attached hydrogens (primary N) is 1. The molecule has 1 nitrogen and oxygen atoms in total. The minimum atomic E-state index is 0.581. The number of terminal acetylenes is 1. The van der Waals surface area contributed by atoms with Gasteiger partial charge in [-0.15, -0.1) is 12.8 Å². The van der Waals surface area contributed by atoms with Crippen molar-refractivity contribution in [3.05, 3.63) is 34.9 Å². The van der Waals surface area contributed by atoms with Crippen molar-refractivity contribution < 1.29 is 0 Å². The highest BCUT2D eigenvalue weighted by atomic mass is 35.5. The molecule has 0 aliphatic carbocycles. The van der Waals surface area contributed by atoms with Crippen molar-refractivity contribution in [2.24, 2.45) is 5.73 Å². The van der Waals surface area contributed by atoms with Gasteiger partial charge in [-0.05, 0) is 17.7 Å². The van der Waals surface area contributed by atoms with Gasteiger partial charge in [-0.2, -0.15) is 0 Å². The lowest BCUT2D eigenvalue weighted by Crippen LogP contribution is -1.94. The fourth-order valence-corrected chi connectivity index (χ4v) is 0.746. The van der Waals surface area contributed by atoms with E-state index in [9.17, 15) is 0 Å². The molecule has 0 aromatic heterocycles. The molecule has 11 heavy (non-hydrogen) atoms. The highest BCUT2D eigenvalue weighted by molar-refractivity contribution is 6.30. The lowest BCUT2D eigenvalue weighted by Gasteiger charge is -1.93. The lowest BCUT2D eigenvalue weighted by atomic mass is 10.2. The van der Waals surface area contributed by atoms with E-state index in [2.05, 4.69) is 12.8 Å². The molecule has 0 unspecified atom stereocenters. The van der Waals surface area contributed by atoms with E-state index in [4.69, 9.17) is 17.3 Å². The summed E-state index contributed by atoms with van der Waals surface area (Å²) in [7, 11) is 0. The zero-order valence-electron chi connectivity index (χ0n) is 6.13. The maximum Gasteiger partial charge on any atom is 0.0406 e. The average molecular weight is 168 g/mol. The maximum atomic E-state index is 5.63.